The molecule has 0 bridgehead atoms. The largest absolute Gasteiger partial charge is 0.344 e. The summed E-state index contributed by atoms with van der Waals surface area (Å²) in [6.45, 7) is 2.12. The summed E-state index contributed by atoms with van der Waals surface area (Å²) in [6.07, 6.45) is 1.79. The van der Waals surface area contributed by atoms with Gasteiger partial charge in [0.05, 0.1) is 11.6 Å². The van der Waals surface area contributed by atoms with E-state index in [4.69, 9.17) is 11.6 Å². The number of aromatic amines is 1. The van der Waals surface area contributed by atoms with Gasteiger partial charge in [-0.1, -0.05) is 18.2 Å². The lowest BCUT2D eigenvalue weighted by molar-refractivity contribution is 1.09. The summed E-state index contributed by atoms with van der Waals surface area (Å²) in [5.41, 5.74) is 2.28. The molecule has 0 aliphatic heterocycles. The molecular weight excluding hydrogens is 240 g/mol. The Morgan fingerprint density at radius 2 is 2.19 bits per heavy atom. The van der Waals surface area contributed by atoms with Crippen LogP contribution in [0.4, 0.5) is 0 Å². The molecule has 0 aliphatic rings. The third-order valence-corrected chi connectivity index (χ3v) is 3.76. The SMILES string of the molecule is Cc1ccccc1SCc1ncc(CCl)[nH]1. The first-order valence-electron chi connectivity index (χ1n) is 5.06. The van der Waals surface area contributed by atoms with Gasteiger partial charge in [-0.25, -0.2) is 4.98 Å². The molecule has 0 saturated heterocycles. The summed E-state index contributed by atoms with van der Waals surface area (Å²) in [5.74, 6) is 2.31. The summed E-state index contributed by atoms with van der Waals surface area (Å²) in [7, 11) is 0. The highest BCUT2D eigenvalue weighted by molar-refractivity contribution is 7.98. The molecule has 1 aromatic heterocycles. The molecule has 0 spiro atoms. The zero-order valence-electron chi connectivity index (χ0n) is 9.03. The highest BCUT2D eigenvalue weighted by atomic mass is 35.5. The molecule has 0 amide bonds. The van der Waals surface area contributed by atoms with E-state index in [1.54, 1.807) is 18.0 Å². The molecule has 1 N–H and O–H groups in total. The highest BCUT2D eigenvalue weighted by Gasteiger charge is 2.02. The van der Waals surface area contributed by atoms with Crippen LogP contribution in [-0.4, -0.2) is 9.97 Å². The van der Waals surface area contributed by atoms with Crippen LogP contribution in [0, 0.1) is 6.92 Å². The van der Waals surface area contributed by atoms with Gasteiger partial charge < -0.3 is 4.98 Å². The Kier molecular flexibility index (Phi) is 3.91. The molecule has 16 heavy (non-hydrogen) atoms. The van der Waals surface area contributed by atoms with E-state index in [0.29, 0.717) is 5.88 Å². The van der Waals surface area contributed by atoms with E-state index in [0.717, 1.165) is 17.3 Å². The maximum atomic E-state index is 5.70. The number of hydrogen-bond donors (Lipinski definition) is 1. The Balaban J connectivity index is 1.99. The number of nitrogens with zero attached hydrogens (tertiary/aromatic N) is 1. The quantitative estimate of drug-likeness (QED) is 0.663. The summed E-state index contributed by atoms with van der Waals surface area (Å²) < 4.78 is 0. The summed E-state index contributed by atoms with van der Waals surface area (Å²) >= 11 is 7.49. The molecular formula is C12H13ClN2S. The third-order valence-electron chi connectivity index (χ3n) is 2.28. The maximum absolute atomic E-state index is 5.70. The Morgan fingerprint density at radius 3 is 2.88 bits per heavy atom. The third kappa shape index (κ3) is 2.80. The van der Waals surface area contributed by atoms with E-state index in [9.17, 15) is 0 Å². The number of hydrogen-bond acceptors (Lipinski definition) is 2. The number of halogens is 1. The van der Waals surface area contributed by atoms with Gasteiger partial charge in [-0.05, 0) is 18.6 Å². The molecule has 4 heteroatoms. The van der Waals surface area contributed by atoms with Crippen molar-refractivity contribution in [3.63, 3.8) is 0 Å². The van der Waals surface area contributed by atoms with Crippen LogP contribution in [0.25, 0.3) is 0 Å². The molecule has 84 valence electrons. The number of imidazole rings is 1. The minimum Gasteiger partial charge on any atom is -0.344 e. The van der Waals surface area contributed by atoms with E-state index in [1.165, 1.54) is 10.5 Å². The first-order valence-corrected chi connectivity index (χ1v) is 6.59. The van der Waals surface area contributed by atoms with Gasteiger partial charge in [0.25, 0.3) is 0 Å². The van der Waals surface area contributed by atoms with Crippen LogP contribution in [-0.2, 0) is 11.6 Å². The molecule has 2 aromatic rings. The Morgan fingerprint density at radius 1 is 1.38 bits per heavy atom. The maximum Gasteiger partial charge on any atom is 0.116 e. The summed E-state index contributed by atoms with van der Waals surface area (Å²) in [4.78, 5) is 8.76. The summed E-state index contributed by atoms with van der Waals surface area (Å²) in [5, 5.41) is 0. The van der Waals surface area contributed by atoms with E-state index >= 15 is 0 Å². The normalized spacial score (nSPS) is 10.6. The van der Waals surface area contributed by atoms with Gasteiger partial charge in [0, 0.05) is 16.8 Å². The Hall–Kier alpha value is -0.930. The molecule has 2 nitrogen and oxygen atoms in total. The van der Waals surface area contributed by atoms with Crippen LogP contribution in [0.3, 0.4) is 0 Å². The van der Waals surface area contributed by atoms with Gasteiger partial charge in [-0.3, -0.25) is 0 Å². The molecule has 0 unspecified atom stereocenters. The van der Waals surface area contributed by atoms with Crippen molar-refractivity contribution in [1.82, 2.24) is 9.97 Å². The number of benzene rings is 1. The number of nitrogens with one attached hydrogen (secondary N) is 1. The van der Waals surface area contributed by atoms with Gasteiger partial charge in [-0.15, -0.1) is 23.4 Å². The molecule has 0 fully saturated rings. The minimum atomic E-state index is 0.488. The molecule has 0 radical (unpaired) electrons. The fourth-order valence-electron chi connectivity index (χ4n) is 1.41. The van der Waals surface area contributed by atoms with Gasteiger partial charge in [0.2, 0.25) is 0 Å². The number of aryl methyl sites for hydroxylation is 1. The molecule has 2 rings (SSSR count). The van der Waals surface area contributed by atoms with E-state index in [2.05, 4.69) is 41.2 Å². The van der Waals surface area contributed by atoms with E-state index in [1.807, 2.05) is 0 Å². The standard InChI is InChI=1S/C12H13ClN2S/c1-9-4-2-3-5-11(9)16-8-12-14-7-10(6-13)15-12/h2-5,7H,6,8H2,1H3,(H,14,15). The fraction of sp³-hybridized carbons (Fsp3) is 0.250. The van der Waals surface area contributed by atoms with Crippen LogP contribution >= 0.6 is 23.4 Å². The van der Waals surface area contributed by atoms with E-state index in [-0.39, 0.29) is 0 Å². The van der Waals surface area contributed by atoms with Crippen molar-refractivity contribution in [3.05, 3.63) is 47.5 Å². The van der Waals surface area contributed by atoms with Crippen LogP contribution in [0.1, 0.15) is 17.1 Å². The second kappa shape index (κ2) is 5.41. The molecule has 0 aliphatic carbocycles. The number of H-pyrrole nitrogens is 1. The van der Waals surface area contributed by atoms with Gasteiger partial charge in [0.1, 0.15) is 5.82 Å². The highest BCUT2D eigenvalue weighted by Crippen LogP contribution is 2.24. The van der Waals surface area contributed by atoms with Gasteiger partial charge >= 0.3 is 0 Å². The zero-order valence-corrected chi connectivity index (χ0v) is 10.6. The minimum absolute atomic E-state index is 0.488. The first-order chi connectivity index (χ1) is 7.79. The van der Waals surface area contributed by atoms with Crippen molar-refractivity contribution in [2.24, 2.45) is 0 Å². The second-order valence-electron chi connectivity index (χ2n) is 3.54. The van der Waals surface area contributed by atoms with E-state index < -0.39 is 0 Å². The zero-order chi connectivity index (χ0) is 11.4. The molecule has 1 aromatic carbocycles. The van der Waals surface area contributed by atoms with Crippen LogP contribution < -0.4 is 0 Å². The lowest BCUT2D eigenvalue weighted by Gasteiger charge is -2.02. The Bertz CT molecular complexity index is 468. The predicted octanol–water partition coefficient (Wildman–Crippen LogP) is 3.75. The number of alkyl halides is 1. The van der Waals surface area contributed by atoms with Crippen molar-refractivity contribution < 1.29 is 0 Å². The number of aromatic nitrogens is 2. The number of thioether (sulfide) groups is 1. The van der Waals surface area contributed by atoms with Crippen molar-refractivity contribution in [2.75, 3.05) is 0 Å². The van der Waals surface area contributed by atoms with Gasteiger partial charge in [-0.2, -0.15) is 0 Å². The van der Waals surface area contributed by atoms with Crippen molar-refractivity contribution >= 4 is 23.4 Å². The average molecular weight is 253 g/mol. The first kappa shape index (κ1) is 11.6. The lowest BCUT2D eigenvalue weighted by Crippen LogP contribution is -1.86. The predicted molar refractivity (Wildman–Crippen MR) is 68.9 cm³/mol. The van der Waals surface area contributed by atoms with Crippen molar-refractivity contribution in [3.8, 4) is 0 Å². The fourth-order valence-corrected chi connectivity index (χ4v) is 2.46. The smallest absolute Gasteiger partial charge is 0.116 e. The lowest BCUT2D eigenvalue weighted by atomic mass is 10.2. The monoisotopic (exact) mass is 252 g/mol. The van der Waals surface area contributed by atoms with Crippen molar-refractivity contribution in [1.29, 1.82) is 0 Å². The van der Waals surface area contributed by atoms with Crippen LogP contribution in [0.15, 0.2) is 35.4 Å². The topological polar surface area (TPSA) is 28.7 Å². The van der Waals surface area contributed by atoms with Crippen molar-refractivity contribution in [2.45, 2.75) is 23.5 Å². The van der Waals surface area contributed by atoms with Crippen LogP contribution in [0.5, 0.6) is 0 Å². The summed E-state index contributed by atoms with van der Waals surface area (Å²) in [6, 6.07) is 8.36. The molecule has 0 saturated carbocycles. The van der Waals surface area contributed by atoms with Gasteiger partial charge in [0.15, 0.2) is 0 Å². The Labute approximate surface area is 104 Å². The molecule has 1 heterocycles. The van der Waals surface area contributed by atoms with Crippen LogP contribution in [0.2, 0.25) is 0 Å². The molecule has 0 atom stereocenters. The second-order valence-corrected chi connectivity index (χ2v) is 4.83. The average Bonchev–Trinajstić information content (AvgIpc) is 2.76. The number of rotatable bonds is 4.